The van der Waals surface area contributed by atoms with E-state index in [4.69, 9.17) is 0 Å². The summed E-state index contributed by atoms with van der Waals surface area (Å²) < 4.78 is 1.75. The molecule has 132 valence electrons. The van der Waals surface area contributed by atoms with Crippen LogP contribution in [0.1, 0.15) is 43.6 Å². The molecule has 1 amide bonds. The molecule has 0 N–H and O–H groups in total. The van der Waals surface area contributed by atoms with Crippen molar-refractivity contribution in [3.8, 4) is 5.69 Å². The minimum absolute atomic E-state index is 0.0327. The average molecular weight is 339 g/mol. The lowest BCUT2D eigenvalue weighted by Gasteiger charge is -2.32. The summed E-state index contributed by atoms with van der Waals surface area (Å²) in [4.78, 5) is 22.0. The van der Waals surface area contributed by atoms with Crippen LogP contribution in [0, 0.1) is 0 Å². The first kappa shape index (κ1) is 16.3. The Morgan fingerprint density at radius 2 is 2.04 bits per heavy atom. The Kier molecular flexibility index (Phi) is 4.29. The van der Waals surface area contributed by atoms with Gasteiger partial charge in [0.25, 0.3) is 5.91 Å². The van der Waals surface area contributed by atoms with Gasteiger partial charge in [0.15, 0.2) is 0 Å². The van der Waals surface area contributed by atoms with E-state index in [1.807, 2.05) is 29.3 Å². The van der Waals surface area contributed by atoms with Crippen molar-refractivity contribution < 1.29 is 4.79 Å². The van der Waals surface area contributed by atoms with Crippen LogP contribution in [0.25, 0.3) is 5.69 Å². The molecular weight excluding hydrogens is 314 g/mol. The maximum atomic E-state index is 13.0. The van der Waals surface area contributed by atoms with Gasteiger partial charge in [0.05, 0.1) is 5.69 Å². The molecule has 2 aliphatic rings. The fraction of sp³-hybridized carbons (Fsp3) is 0.526. The molecule has 2 aliphatic heterocycles. The van der Waals surface area contributed by atoms with Crippen LogP contribution in [0.5, 0.6) is 0 Å². The zero-order chi connectivity index (χ0) is 17.4. The zero-order valence-electron chi connectivity index (χ0n) is 14.9. The molecule has 2 atom stereocenters. The molecule has 0 spiro atoms. The average Bonchev–Trinajstić information content (AvgIpc) is 3.22. The van der Waals surface area contributed by atoms with Gasteiger partial charge in [-0.2, -0.15) is 5.10 Å². The number of pyridine rings is 1. The number of hydrogen-bond donors (Lipinski definition) is 0. The first-order valence-corrected chi connectivity index (χ1v) is 9.16. The molecule has 25 heavy (non-hydrogen) atoms. The lowest BCUT2D eigenvalue weighted by molar-refractivity contribution is 0.0722. The van der Waals surface area contributed by atoms with E-state index in [1.165, 1.54) is 12.8 Å². The topological polar surface area (TPSA) is 54.3 Å². The lowest BCUT2D eigenvalue weighted by atomic mass is 10.1. The Balaban J connectivity index is 1.55. The van der Waals surface area contributed by atoms with Gasteiger partial charge in [-0.3, -0.25) is 14.7 Å². The van der Waals surface area contributed by atoms with Gasteiger partial charge in [-0.15, -0.1) is 0 Å². The van der Waals surface area contributed by atoms with Crippen molar-refractivity contribution in [2.75, 3.05) is 13.1 Å². The highest BCUT2D eigenvalue weighted by atomic mass is 16.2. The molecular formula is C19H25N5O. The highest BCUT2D eigenvalue weighted by molar-refractivity contribution is 5.92. The maximum absolute atomic E-state index is 13.0. The molecule has 2 saturated heterocycles. The number of rotatable bonds is 3. The van der Waals surface area contributed by atoms with E-state index in [9.17, 15) is 4.79 Å². The van der Waals surface area contributed by atoms with E-state index in [2.05, 4.69) is 28.8 Å². The SMILES string of the molecule is CC(C)N1C2CCC1CN(C(=O)c1cc(-n3cccn3)ccn1)CC2. The summed E-state index contributed by atoms with van der Waals surface area (Å²) in [5, 5.41) is 4.23. The molecule has 0 aliphatic carbocycles. The van der Waals surface area contributed by atoms with Crippen molar-refractivity contribution in [1.29, 1.82) is 0 Å². The Hall–Kier alpha value is -2.21. The van der Waals surface area contributed by atoms with E-state index >= 15 is 0 Å². The van der Waals surface area contributed by atoms with Crippen molar-refractivity contribution in [3.05, 3.63) is 42.5 Å². The molecule has 2 unspecified atom stereocenters. The highest BCUT2D eigenvalue weighted by Crippen LogP contribution is 2.32. The van der Waals surface area contributed by atoms with Gasteiger partial charge >= 0.3 is 0 Å². The van der Waals surface area contributed by atoms with E-state index < -0.39 is 0 Å². The van der Waals surface area contributed by atoms with Gasteiger partial charge in [-0.05, 0) is 51.3 Å². The van der Waals surface area contributed by atoms with Crippen LogP contribution in [-0.2, 0) is 0 Å². The molecule has 4 rings (SSSR count). The molecule has 2 aromatic heterocycles. The molecule has 0 saturated carbocycles. The Morgan fingerprint density at radius 3 is 2.80 bits per heavy atom. The molecule has 4 heterocycles. The number of aromatic nitrogens is 3. The van der Waals surface area contributed by atoms with Crippen molar-refractivity contribution in [2.45, 2.75) is 51.2 Å². The van der Waals surface area contributed by atoms with Crippen LogP contribution >= 0.6 is 0 Å². The van der Waals surface area contributed by atoms with Crippen molar-refractivity contribution in [2.24, 2.45) is 0 Å². The highest BCUT2D eigenvalue weighted by Gasteiger charge is 2.39. The fourth-order valence-electron chi connectivity index (χ4n) is 4.40. The first-order chi connectivity index (χ1) is 12.1. The summed E-state index contributed by atoms with van der Waals surface area (Å²) in [6, 6.07) is 7.20. The standard InChI is InChI=1S/C19H25N5O/c1-14(2)24-15-4-5-17(24)13-22(11-7-15)19(25)18-12-16(6-9-20-18)23-10-3-8-21-23/h3,6,8-10,12,14-15,17H,4-5,7,11,13H2,1-2H3. The van der Waals surface area contributed by atoms with Crippen LogP contribution in [0.2, 0.25) is 0 Å². The monoisotopic (exact) mass is 339 g/mol. The molecule has 0 aromatic carbocycles. The zero-order valence-corrected chi connectivity index (χ0v) is 14.9. The number of hydrogen-bond acceptors (Lipinski definition) is 4. The van der Waals surface area contributed by atoms with E-state index in [0.29, 0.717) is 23.8 Å². The summed E-state index contributed by atoms with van der Waals surface area (Å²) >= 11 is 0. The van der Waals surface area contributed by atoms with Gasteiger partial charge < -0.3 is 4.90 Å². The fourth-order valence-corrected chi connectivity index (χ4v) is 4.40. The Bertz CT molecular complexity index is 742. The molecule has 2 aromatic rings. The number of amides is 1. The first-order valence-electron chi connectivity index (χ1n) is 9.16. The van der Waals surface area contributed by atoms with Crippen molar-refractivity contribution in [3.63, 3.8) is 0 Å². The van der Waals surface area contributed by atoms with Crippen LogP contribution < -0.4 is 0 Å². The van der Waals surface area contributed by atoms with Gasteiger partial charge in [0, 0.05) is 49.8 Å². The minimum Gasteiger partial charge on any atom is -0.336 e. The minimum atomic E-state index is 0.0327. The predicted octanol–water partition coefficient (Wildman–Crippen LogP) is 2.35. The van der Waals surface area contributed by atoms with Gasteiger partial charge in [-0.1, -0.05) is 0 Å². The van der Waals surface area contributed by atoms with E-state index in [1.54, 1.807) is 17.1 Å². The van der Waals surface area contributed by atoms with Gasteiger partial charge in [0.1, 0.15) is 5.69 Å². The summed E-state index contributed by atoms with van der Waals surface area (Å²) in [6.07, 6.45) is 8.79. The lowest BCUT2D eigenvalue weighted by Crippen LogP contribution is -2.44. The number of likely N-dealkylation sites (tertiary alicyclic amines) is 1. The normalized spacial score (nSPS) is 23.9. The number of nitrogens with zero attached hydrogens (tertiary/aromatic N) is 5. The van der Waals surface area contributed by atoms with E-state index in [0.717, 1.165) is 25.2 Å². The van der Waals surface area contributed by atoms with Gasteiger partial charge in [-0.25, -0.2) is 4.68 Å². The largest absolute Gasteiger partial charge is 0.336 e. The van der Waals surface area contributed by atoms with Crippen molar-refractivity contribution in [1.82, 2.24) is 24.6 Å². The third kappa shape index (κ3) is 3.06. The Morgan fingerprint density at radius 1 is 1.20 bits per heavy atom. The summed E-state index contributed by atoms with van der Waals surface area (Å²) in [5.74, 6) is 0.0327. The number of carbonyl (C=O) groups excluding carboxylic acids is 1. The number of fused-ring (bicyclic) bond motifs is 2. The molecule has 2 fully saturated rings. The second-order valence-corrected chi connectivity index (χ2v) is 7.32. The van der Waals surface area contributed by atoms with Crippen LogP contribution in [0.3, 0.4) is 0 Å². The molecule has 6 heteroatoms. The second kappa shape index (κ2) is 6.59. The smallest absolute Gasteiger partial charge is 0.272 e. The quantitative estimate of drug-likeness (QED) is 0.861. The van der Waals surface area contributed by atoms with E-state index in [-0.39, 0.29) is 5.91 Å². The predicted molar refractivity (Wildman–Crippen MR) is 95.7 cm³/mol. The van der Waals surface area contributed by atoms with Crippen LogP contribution in [0.15, 0.2) is 36.8 Å². The van der Waals surface area contributed by atoms with Crippen molar-refractivity contribution >= 4 is 5.91 Å². The third-order valence-corrected chi connectivity index (χ3v) is 5.45. The summed E-state index contributed by atoms with van der Waals surface area (Å²) in [7, 11) is 0. The third-order valence-electron chi connectivity index (χ3n) is 5.45. The number of carbonyl (C=O) groups is 1. The van der Waals surface area contributed by atoms with Crippen LogP contribution in [0.4, 0.5) is 0 Å². The molecule has 0 radical (unpaired) electrons. The molecule has 2 bridgehead atoms. The second-order valence-electron chi connectivity index (χ2n) is 7.32. The molecule has 6 nitrogen and oxygen atoms in total. The summed E-state index contributed by atoms with van der Waals surface area (Å²) in [5.41, 5.74) is 1.37. The van der Waals surface area contributed by atoms with Crippen LogP contribution in [-0.4, -0.2) is 61.7 Å². The Labute approximate surface area is 148 Å². The maximum Gasteiger partial charge on any atom is 0.272 e. The summed E-state index contributed by atoms with van der Waals surface area (Å²) in [6.45, 7) is 6.15. The van der Waals surface area contributed by atoms with Gasteiger partial charge in [0.2, 0.25) is 0 Å².